The van der Waals surface area contributed by atoms with Crippen LogP contribution in [0.4, 0.5) is 5.69 Å². The average molecular weight is 415 g/mol. The Labute approximate surface area is 179 Å². The lowest BCUT2D eigenvalue weighted by Gasteiger charge is -2.09. The molecular formula is C25H22N2O2S. The summed E-state index contributed by atoms with van der Waals surface area (Å²) in [5.74, 6) is -0.0797. The molecule has 0 spiro atoms. The summed E-state index contributed by atoms with van der Waals surface area (Å²) in [5, 5.41) is 10.1. The Hall–Kier alpha value is -3.44. The van der Waals surface area contributed by atoms with Gasteiger partial charge in [0.1, 0.15) is 0 Å². The number of nitrogens with one attached hydrogen (secondary N) is 2. The van der Waals surface area contributed by atoms with E-state index >= 15 is 0 Å². The molecular weight excluding hydrogens is 392 g/mol. The number of benzene rings is 3. The summed E-state index contributed by atoms with van der Waals surface area (Å²) in [6.45, 7) is 0.554. The standard InChI is InChI=1S/C25H22N2O2S/c28-24(26-17-22-8-4-14-30-22)15-18-10-12-21(13-11-18)27-25(29)16-20-7-3-6-19-5-1-2-9-23(19)20/h1-14H,15-17H2,(H,26,28)(H,27,29). The van der Waals surface area contributed by atoms with Gasteiger partial charge in [0.2, 0.25) is 11.8 Å². The van der Waals surface area contributed by atoms with Gasteiger partial charge in [-0.15, -0.1) is 11.3 Å². The molecule has 30 heavy (non-hydrogen) atoms. The zero-order chi connectivity index (χ0) is 20.8. The lowest BCUT2D eigenvalue weighted by Crippen LogP contribution is -2.24. The number of hydrogen-bond donors (Lipinski definition) is 2. The maximum absolute atomic E-state index is 12.5. The van der Waals surface area contributed by atoms with Crippen molar-refractivity contribution in [3.05, 3.63) is 100 Å². The van der Waals surface area contributed by atoms with Crippen LogP contribution in [0.5, 0.6) is 0 Å². The van der Waals surface area contributed by atoms with Gasteiger partial charge in [-0.1, -0.05) is 60.7 Å². The van der Waals surface area contributed by atoms with Gasteiger partial charge in [-0.3, -0.25) is 9.59 Å². The SMILES string of the molecule is O=C(Cc1ccc(NC(=O)Cc2cccc3ccccc23)cc1)NCc1cccs1. The third kappa shape index (κ3) is 5.13. The highest BCUT2D eigenvalue weighted by Crippen LogP contribution is 2.19. The fourth-order valence-electron chi connectivity index (χ4n) is 3.38. The maximum Gasteiger partial charge on any atom is 0.228 e. The lowest BCUT2D eigenvalue weighted by atomic mass is 10.0. The number of carbonyl (C=O) groups excluding carboxylic acids is 2. The van der Waals surface area contributed by atoms with Crippen molar-refractivity contribution in [3.8, 4) is 0 Å². The van der Waals surface area contributed by atoms with Crippen molar-refractivity contribution >= 4 is 39.6 Å². The first-order chi connectivity index (χ1) is 14.7. The Kier molecular flexibility index (Phi) is 6.20. The van der Waals surface area contributed by atoms with Crippen molar-refractivity contribution in [2.45, 2.75) is 19.4 Å². The third-order valence-corrected chi connectivity index (χ3v) is 5.75. The monoisotopic (exact) mass is 414 g/mol. The predicted octanol–water partition coefficient (Wildman–Crippen LogP) is 4.94. The van der Waals surface area contributed by atoms with Crippen LogP contribution in [0.2, 0.25) is 0 Å². The summed E-state index contributed by atoms with van der Waals surface area (Å²) >= 11 is 1.62. The van der Waals surface area contributed by atoms with E-state index in [2.05, 4.69) is 10.6 Å². The smallest absolute Gasteiger partial charge is 0.228 e. The molecule has 0 bridgehead atoms. The first-order valence-electron chi connectivity index (χ1n) is 9.82. The number of hydrogen-bond acceptors (Lipinski definition) is 3. The first kappa shape index (κ1) is 19.9. The molecule has 0 aliphatic rings. The highest BCUT2D eigenvalue weighted by atomic mass is 32.1. The quantitative estimate of drug-likeness (QED) is 0.450. The van der Waals surface area contributed by atoms with E-state index in [-0.39, 0.29) is 11.8 Å². The molecule has 0 atom stereocenters. The molecule has 0 saturated carbocycles. The summed E-state index contributed by atoms with van der Waals surface area (Å²) in [6.07, 6.45) is 0.629. The number of anilines is 1. The molecule has 0 aliphatic heterocycles. The Morgan fingerprint density at radius 2 is 1.57 bits per heavy atom. The van der Waals surface area contributed by atoms with E-state index in [1.165, 1.54) is 0 Å². The van der Waals surface area contributed by atoms with Crippen molar-refractivity contribution in [2.24, 2.45) is 0 Å². The van der Waals surface area contributed by atoms with Crippen molar-refractivity contribution in [1.82, 2.24) is 5.32 Å². The van der Waals surface area contributed by atoms with Gasteiger partial charge < -0.3 is 10.6 Å². The van der Waals surface area contributed by atoms with Crippen molar-refractivity contribution in [3.63, 3.8) is 0 Å². The van der Waals surface area contributed by atoms with Crippen LogP contribution in [0.25, 0.3) is 10.8 Å². The molecule has 0 saturated heterocycles. The zero-order valence-electron chi connectivity index (χ0n) is 16.4. The van der Waals surface area contributed by atoms with Crippen molar-refractivity contribution < 1.29 is 9.59 Å². The fourth-order valence-corrected chi connectivity index (χ4v) is 4.02. The molecule has 5 heteroatoms. The molecule has 2 amide bonds. The summed E-state index contributed by atoms with van der Waals surface area (Å²) in [6, 6.07) is 25.5. The van der Waals surface area contributed by atoms with Crippen LogP contribution in [-0.2, 0) is 29.0 Å². The molecule has 150 valence electrons. The molecule has 0 aliphatic carbocycles. The molecule has 3 aromatic carbocycles. The van der Waals surface area contributed by atoms with Crippen LogP contribution < -0.4 is 10.6 Å². The highest BCUT2D eigenvalue weighted by Gasteiger charge is 2.08. The van der Waals surface area contributed by atoms with Crippen LogP contribution in [0.15, 0.2) is 84.2 Å². The minimum atomic E-state index is -0.0622. The molecule has 2 N–H and O–H groups in total. The Morgan fingerprint density at radius 1 is 0.767 bits per heavy atom. The van der Waals surface area contributed by atoms with Crippen LogP contribution in [0.1, 0.15) is 16.0 Å². The second-order valence-electron chi connectivity index (χ2n) is 7.09. The molecule has 1 heterocycles. The highest BCUT2D eigenvalue weighted by molar-refractivity contribution is 7.09. The van der Waals surface area contributed by atoms with E-state index in [0.717, 1.165) is 32.5 Å². The zero-order valence-corrected chi connectivity index (χ0v) is 17.2. The van der Waals surface area contributed by atoms with Gasteiger partial charge in [0.15, 0.2) is 0 Å². The molecule has 0 unspecified atom stereocenters. The normalized spacial score (nSPS) is 10.7. The van der Waals surface area contributed by atoms with Gasteiger partial charge >= 0.3 is 0 Å². The van der Waals surface area contributed by atoms with Crippen LogP contribution in [-0.4, -0.2) is 11.8 Å². The van der Waals surface area contributed by atoms with Gasteiger partial charge in [-0.25, -0.2) is 0 Å². The third-order valence-electron chi connectivity index (χ3n) is 4.87. The minimum Gasteiger partial charge on any atom is -0.351 e. The van der Waals surface area contributed by atoms with Crippen LogP contribution >= 0.6 is 11.3 Å². The second-order valence-corrected chi connectivity index (χ2v) is 8.13. The molecule has 1 aromatic heterocycles. The van der Waals surface area contributed by atoms with Crippen molar-refractivity contribution in [2.75, 3.05) is 5.32 Å². The number of rotatable bonds is 7. The van der Waals surface area contributed by atoms with E-state index in [9.17, 15) is 9.59 Å². The van der Waals surface area contributed by atoms with E-state index < -0.39 is 0 Å². The predicted molar refractivity (Wildman–Crippen MR) is 123 cm³/mol. The summed E-state index contributed by atoms with van der Waals surface area (Å²) in [7, 11) is 0. The average Bonchev–Trinajstić information content (AvgIpc) is 3.28. The van der Waals surface area contributed by atoms with Gasteiger partial charge in [0, 0.05) is 10.6 Å². The summed E-state index contributed by atoms with van der Waals surface area (Å²) < 4.78 is 0. The first-order valence-corrected chi connectivity index (χ1v) is 10.7. The summed E-state index contributed by atoms with van der Waals surface area (Å²) in [4.78, 5) is 25.7. The molecule has 0 fully saturated rings. The van der Waals surface area contributed by atoms with Crippen LogP contribution in [0.3, 0.4) is 0 Å². The molecule has 4 nitrogen and oxygen atoms in total. The van der Waals surface area contributed by atoms with E-state index in [4.69, 9.17) is 0 Å². The van der Waals surface area contributed by atoms with E-state index in [0.29, 0.717) is 19.4 Å². The van der Waals surface area contributed by atoms with Crippen LogP contribution in [0, 0.1) is 0 Å². The second kappa shape index (κ2) is 9.37. The van der Waals surface area contributed by atoms with Gasteiger partial charge in [0.25, 0.3) is 0 Å². The van der Waals surface area contributed by atoms with E-state index in [1.54, 1.807) is 11.3 Å². The Balaban J connectivity index is 1.31. The van der Waals surface area contributed by atoms with E-state index in [1.807, 2.05) is 84.2 Å². The molecule has 4 rings (SSSR count). The number of fused-ring (bicyclic) bond motifs is 1. The maximum atomic E-state index is 12.5. The van der Waals surface area contributed by atoms with Gasteiger partial charge in [-0.05, 0) is 45.5 Å². The topological polar surface area (TPSA) is 58.2 Å². The lowest BCUT2D eigenvalue weighted by molar-refractivity contribution is -0.120. The summed E-state index contributed by atoms with van der Waals surface area (Å²) in [5.41, 5.74) is 2.64. The minimum absolute atomic E-state index is 0.0175. The Bertz CT molecular complexity index is 1150. The van der Waals surface area contributed by atoms with Gasteiger partial charge in [-0.2, -0.15) is 0 Å². The number of amides is 2. The van der Waals surface area contributed by atoms with Gasteiger partial charge in [0.05, 0.1) is 19.4 Å². The fraction of sp³-hybridized carbons (Fsp3) is 0.120. The Morgan fingerprint density at radius 3 is 2.37 bits per heavy atom. The molecule has 4 aromatic rings. The van der Waals surface area contributed by atoms with Crippen molar-refractivity contribution in [1.29, 1.82) is 0 Å². The molecule has 0 radical (unpaired) electrons. The number of thiophene rings is 1. The largest absolute Gasteiger partial charge is 0.351 e. The number of carbonyl (C=O) groups is 2.